The Morgan fingerprint density at radius 1 is 1.00 bits per heavy atom. The molecular weight excluding hydrogens is 268 g/mol. The maximum absolute atomic E-state index is 5.51. The van der Waals surface area contributed by atoms with Crippen LogP contribution >= 0.6 is 12.2 Å². The first-order valence-electron chi connectivity index (χ1n) is 8.28. The minimum absolute atomic E-state index is 0.582. The van der Waals surface area contributed by atoms with E-state index in [4.69, 9.17) is 12.2 Å². The SMILES string of the molecule is S=c1[nH]nc(N2CCC3CCCCC32)n1C1CCCC1. The first-order chi connectivity index (χ1) is 9.84. The normalized spacial score (nSPS) is 30.9. The number of fused-ring (bicyclic) bond motifs is 1. The predicted octanol–water partition coefficient (Wildman–Crippen LogP) is 3.82. The number of hydrogen-bond donors (Lipinski definition) is 1. The zero-order chi connectivity index (χ0) is 13.5. The van der Waals surface area contributed by atoms with E-state index in [1.807, 2.05) is 0 Å². The van der Waals surface area contributed by atoms with E-state index in [1.165, 1.54) is 64.3 Å². The number of rotatable bonds is 2. The summed E-state index contributed by atoms with van der Waals surface area (Å²) in [4.78, 5) is 2.56. The van der Waals surface area contributed by atoms with Crippen molar-refractivity contribution >= 4 is 18.2 Å². The van der Waals surface area contributed by atoms with Crippen LogP contribution in [0.1, 0.15) is 63.8 Å². The van der Waals surface area contributed by atoms with Crippen LogP contribution in [0.25, 0.3) is 0 Å². The van der Waals surface area contributed by atoms with Crippen molar-refractivity contribution in [2.75, 3.05) is 11.4 Å². The van der Waals surface area contributed by atoms with Gasteiger partial charge in [-0.25, -0.2) is 5.10 Å². The van der Waals surface area contributed by atoms with Crippen molar-refractivity contribution < 1.29 is 0 Å². The van der Waals surface area contributed by atoms with Crippen LogP contribution in [0.5, 0.6) is 0 Å². The highest BCUT2D eigenvalue weighted by molar-refractivity contribution is 7.71. The number of aromatic amines is 1. The van der Waals surface area contributed by atoms with Gasteiger partial charge in [0.15, 0.2) is 4.77 Å². The first kappa shape index (κ1) is 12.9. The topological polar surface area (TPSA) is 36.9 Å². The van der Waals surface area contributed by atoms with Gasteiger partial charge in [-0.15, -0.1) is 5.10 Å². The highest BCUT2D eigenvalue weighted by atomic mass is 32.1. The molecule has 2 unspecified atom stereocenters. The molecule has 0 bridgehead atoms. The van der Waals surface area contributed by atoms with Crippen LogP contribution < -0.4 is 4.90 Å². The Morgan fingerprint density at radius 2 is 1.75 bits per heavy atom. The van der Waals surface area contributed by atoms with Gasteiger partial charge in [-0.3, -0.25) is 4.57 Å². The Kier molecular flexibility index (Phi) is 3.33. The van der Waals surface area contributed by atoms with Crippen LogP contribution in [-0.2, 0) is 0 Å². The number of aromatic nitrogens is 3. The van der Waals surface area contributed by atoms with E-state index in [2.05, 4.69) is 19.7 Å². The van der Waals surface area contributed by atoms with Gasteiger partial charge < -0.3 is 4.90 Å². The average molecular weight is 292 g/mol. The largest absolute Gasteiger partial charge is 0.338 e. The fraction of sp³-hybridized carbons (Fsp3) is 0.867. The van der Waals surface area contributed by atoms with Crippen LogP contribution in [0, 0.1) is 10.7 Å². The highest BCUT2D eigenvalue weighted by Crippen LogP contribution is 2.40. The molecule has 2 atom stereocenters. The summed E-state index contributed by atoms with van der Waals surface area (Å²) in [5, 5.41) is 7.67. The maximum atomic E-state index is 5.51. The van der Waals surface area contributed by atoms with E-state index in [1.54, 1.807) is 0 Å². The Balaban J connectivity index is 1.66. The van der Waals surface area contributed by atoms with Gasteiger partial charge in [-0.2, -0.15) is 0 Å². The zero-order valence-corrected chi connectivity index (χ0v) is 12.9. The van der Waals surface area contributed by atoms with Crippen LogP contribution in [0.3, 0.4) is 0 Å². The number of nitrogens with one attached hydrogen (secondary N) is 1. The van der Waals surface area contributed by atoms with Gasteiger partial charge in [-0.1, -0.05) is 25.7 Å². The summed E-state index contributed by atoms with van der Waals surface area (Å²) >= 11 is 5.51. The fourth-order valence-corrected chi connectivity index (χ4v) is 4.92. The lowest BCUT2D eigenvalue weighted by molar-refractivity contribution is 0.338. The van der Waals surface area contributed by atoms with Crippen molar-refractivity contribution in [3.05, 3.63) is 4.77 Å². The minimum Gasteiger partial charge on any atom is -0.338 e. The van der Waals surface area contributed by atoms with Gasteiger partial charge in [0.1, 0.15) is 0 Å². The van der Waals surface area contributed by atoms with E-state index in [0.29, 0.717) is 12.1 Å². The van der Waals surface area contributed by atoms with Crippen molar-refractivity contribution in [1.82, 2.24) is 14.8 Å². The molecule has 2 heterocycles. The summed E-state index contributed by atoms with van der Waals surface area (Å²) < 4.78 is 3.16. The van der Waals surface area contributed by atoms with Crippen molar-refractivity contribution in [3.8, 4) is 0 Å². The number of hydrogen-bond acceptors (Lipinski definition) is 3. The van der Waals surface area contributed by atoms with Crippen LogP contribution in [-0.4, -0.2) is 27.4 Å². The molecule has 1 aromatic heterocycles. The minimum atomic E-state index is 0.582. The second-order valence-electron chi connectivity index (χ2n) is 6.73. The molecule has 1 saturated heterocycles. The zero-order valence-electron chi connectivity index (χ0n) is 12.1. The molecule has 4 nitrogen and oxygen atoms in total. The van der Waals surface area contributed by atoms with E-state index >= 15 is 0 Å². The summed E-state index contributed by atoms with van der Waals surface area (Å²) in [7, 11) is 0. The molecule has 20 heavy (non-hydrogen) atoms. The second kappa shape index (κ2) is 5.17. The highest BCUT2D eigenvalue weighted by Gasteiger charge is 2.38. The average Bonchev–Trinajstić information content (AvgIpc) is 3.16. The summed E-state index contributed by atoms with van der Waals surface area (Å²) in [5.41, 5.74) is 0. The standard InChI is InChI=1S/C15H24N4S/c20-15-17-16-14(19(15)12-6-2-3-7-12)18-10-9-11-5-1-4-8-13(11)18/h11-13H,1-10H2,(H,17,20). The number of anilines is 1. The van der Waals surface area contributed by atoms with Gasteiger partial charge in [0.25, 0.3) is 0 Å². The summed E-state index contributed by atoms with van der Waals surface area (Å²) in [5.74, 6) is 2.03. The molecule has 110 valence electrons. The molecule has 1 aliphatic heterocycles. The van der Waals surface area contributed by atoms with Crippen molar-refractivity contribution in [3.63, 3.8) is 0 Å². The van der Waals surface area contributed by atoms with Crippen LogP contribution in [0.4, 0.5) is 5.95 Å². The molecule has 4 rings (SSSR count). The third-order valence-corrected chi connectivity index (χ3v) is 5.93. The van der Waals surface area contributed by atoms with E-state index in [-0.39, 0.29) is 0 Å². The smallest absolute Gasteiger partial charge is 0.226 e. The molecule has 2 aliphatic carbocycles. The summed E-state index contributed by atoms with van der Waals surface area (Å²) in [6, 6.07) is 1.30. The monoisotopic (exact) mass is 292 g/mol. The first-order valence-corrected chi connectivity index (χ1v) is 8.69. The van der Waals surface area contributed by atoms with Crippen molar-refractivity contribution in [1.29, 1.82) is 0 Å². The molecule has 0 radical (unpaired) electrons. The molecule has 5 heteroatoms. The van der Waals surface area contributed by atoms with Gasteiger partial charge >= 0.3 is 0 Å². The third-order valence-electron chi connectivity index (χ3n) is 5.64. The number of H-pyrrole nitrogens is 1. The summed E-state index contributed by atoms with van der Waals surface area (Å²) in [6.45, 7) is 1.17. The van der Waals surface area contributed by atoms with E-state index in [0.717, 1.165) is 16.6 Å². The summed E-state index contributed by atoms with van der Waals surface area (Å²) in [6.07, 6.45) is 12.1. The lowest BCUT2D eigenvalue weighted by atomic mass is 9.85. The van der Waals surface area contributed by atoms with E-state index in [9.17, 15) is 0 Å². The van der Waals surface area contributed by atoms with Gasteiger partial charge in [0.2, 0.25) is 5.95 Å². The van der Waals surface area contributed by atoms with Crippen molar-refractivity contribution in [2.24, 2.45) is 5.92 Å². The van der Waals surface area contributed by atoms with Gasteiger partial charge in [-0.05, 0) is 50.2 Å². The molecule has 3 fully saturated rings. The maximum Gasteiger partial charge on any atom is 0.226 e. The molecule has 3 aliphatic rings. The predicted molar refractivity (Wildman–Crippen MR) is 82.6 cm³/mol. The second-order valence-corrected chi connectivity index (χ2v) is 7.12. The van der Waals surface area contributed by atoms with Crippen LogP contribution in [0.2, 0.25) is 0 Å². The molecule has 0 aromatic carbocycles. The Hall–Kier alpha value is -0.840. The third kappa shape index (κ3) is 2.01. The van der Waals surface area contributed by atoms with Crippen molar-refractivity contribution in [2.45, 2.75) is 69.9 Å². The van der Waals surface area contributed by atoms with Gasteiger partial charge in [0.05, 0.1) is 0 Å². The quantitative estimate of drug-likeness (QED) is 0.842. The van der Waals surface area contributed by atoms with E-state index < -0.39 is 0 Å². The Bertz CT molecular complexity index is 528. The molecule has 1 aromatic rings. The molecule has 0 spiro atoms. The number of nitrogens with zero attached hydrogens (tertiary/aromatic N) is 3. The fourth-order valence-electron chi connectivity index (χ4n) is 4.64. The molecule has 0 amide bonds. The molecule has 1 N–H and O–H groups in total. The lowest BCUT2D eigenvalue weighted by Gasteiger charge is -2.32. The lowest BCUT2D eigenvalue weighted by Crippen LogP contribution is -2.36. The Labute approximate surface area is 125 Å². The Morgan fingerprint density at radius 3 is 2.60 bits per heavy atom. The van der Waals surface area contributed by atoms with Gasteiger partial charge in [0, 0.05) is 18.6 Å². The molecular formula is C15H24N4S. The molecule has 2 saturated carbocycles. The van der Waals surface area contributed by atoms with Crippen LogP contribution in [0.15, 0.2) is 0 Å².